The first-order valence-electron chi connectivity index (χ1n) is 7.93. The van der Waals surface area contributed by atoms with Crippen molar-refractivity contribution in [3.05, 3.63) is 67.8 Å². The Labute approximate surface area is 184 Å². The van der Waals surface area contributed by atoms with E-state index >= 15 is 0 Å². The molecule has 0 aliphatic rings. The highest BCUT2D eigenvalue weighted by Crippen LogP contribution is 2.49. The van der Waals surface area contributed by atoms with Crippen molar-refractivity contribution < 1.29 is 28.9 Å². The number of carbonyl (C=O) groups is 1. The van der Waals surface area contributed by atoms with Gasteiger partial charge in [-0.2, -0.15) is 0 Å². The topological polar surface area (TPSA) is 131 Å². The number of carbonyl (C=O) groups excluding carboxylic acids is 1. The van der Waals surface area contributed by atoms with Gasteiger partial charge >= 0.3 is 11.7 Å². The van der Waals surface area contributed by atoms with Gasteiger partial charge in [-0.3, -0.25) is 20.2 Å². The minimum Gasteiger partial charge on any atom is -0.492 e. The molecule has 0 bridgehead atoms. The van der Waals surface area contributed by atoms with Crippen molar-refractivity contribution in [1.29, 1.82) is 0 Å². The lowest BCUT2D eigenvalue weighted by molar-refractivity contribution is -0.397. The Hall–Kier alpha value is -2.82. The summed E-state index contributed by atoms with van der Waals surface area (Å²) < 4.78 is 12.7. The largest absolute Gasteiger partial charge is 0.492 e. The minimum absolute atomic E-state index is 0.151. The third kappa shape index (κ3) is 4.84. The van der Waals surface area contributed by atoms with Crippen LogP contribution in [-0.2, 0) is 9.53 Å². The number of hydrogen-bond donors (Lipinski definition) is 0. The number of halogens is 3. The number of methoxy groups -OCH3 is 2. The number of nitro benzene ring substituents is 2. The predicted octanol–water partition coefficient (Wildman–Crippen LogP) is 4.52. The summed E-state index contributed by atoms with van der Waals surface area (Å²) in [6.45, 7) is 0. The van der Waals surface area contributed by atoms with Gasteiger partial charge in [0.2, 0.25) is 5.75 Å². The summed E-state index contributed by atoms with van der Waals surface area (Å²) in [5.74, 6) is -2.06. The molecular weight excluding hydrogens is 467 g/mol. The van der Waals surface area contributed by atoms with Crippen molar-refractivity contribution in [3.63, 3.8) is 0 Å². The van der Waals surface area contributed by atoms with Gasteiger partial charge in [0.05, 0.1) is 30.1 Å². The SMILES string of the molecule is COc1cc([N+](=O)[O-])c(C(OC(=O)C(Cl)(Cl)Cl)c2ccccc2)c([N+](=O)[O-])c1OC. The van der Waals surface area contributed by atoms with Gasteiger partial charge in [-0.05, 0) is 5.56 Å². The molecule has 2 aromatic rings. The minimum atomic E-state index is -2.53. The van der Waals surface area contributed by atoms with E-state index < -0.39 is 48.4 Å². The first-order chi connectivity index (χ1) is 14.0. The quantitative estimate of drug-likeness (QED) is 0.245. The molecule has 0 fully saturated rings. The van der Waals surface area contributed by atoms with Crippen LogP contribution >= 0.6 is 34.8 Å². The standard InChI is InChI=1S/C17H13Cl3N2O8/c1-28-11-8-10(21(24)25)12(13(22(26)27)15(11)29-2)14(9-6-4-3-5-7-9)30-16(23)17(18,19)20/h3-8,14H,1-2H3. The molecule has 0 saturated heterocycles. The lowest BCUT2D eigenvalue weighted by Crippen LogP contribution is -2.25. The summed E-state index contributed by atoms with van der Waals surface area (Å²) in [5.41, 5.74) is -2.03. The zero-order chi connectivity index (χ0) is 22.6. The van der Waals surface area contributed by atoms with Crippen molar-refractivity contribution >= 4 is 52.1 Å². The van der Waals surface area contributed by atoms with Crippen LogP contribution in [0.3, 0.4) is 0 Å². The van der Waals surface area contributed by atoms with E-state index in [1.165, 1.54) is 24.3 Å². The van der Waals surface area contributed by atoms with Gasteiger partial charge in [0, 0.05) is 0 Å². The molecule has 1 unspecified atom stereocenters. The maximum absolute atomic E-state index is 12.2. The molecule has 0 heterocycles. The van der Waals surface area contributed by atoms with E-state index in [1.54, 1.807) is 6.07 Å². The number of benzene rings is 2. The zero-order valence-electron chi connectivity index (χ0n) is 15.3. The van der Waals surface area contributed by atoms with Crippen LogP contribution in [0, 0.1) is 20.2 Å². The van der Waals surface area contributed by atoms with Crippen LogP contribution in [0.5, 0.6) is 11.5 Å². The van der Waals surface area contributed by atoms with Gasteiger partial charge in [0.25, 0.3) is 9.48 Å². The maximum atomic E-state index is 12.2. The number of nitrogens with zero attached hydrogens (tertiary/aromatic N) is 2. The Kier molecular flexibility index (Phi) is 7.30. The highest BCUT2D eigenvalue weighted by atomic mass is 35.6. The zero-order valence-corrected chi connectivity index (χ0v) is 17.6. The number of nitro groups is 2. The van der Waals surface area contributed by atoms with Gasteiger partial charge in [-0.1, -0.05) is 65.1 Å². The molecule has 0 aromatic heterocycles. The summed E-state index contributed by atoms with van der Waals surface area (Å²) in [5, 5.41) is 23.6. The number of alkyl halides is 3. The van der Waals surface area contributed by atoms with Crippen LogP contribution in [0.25, 0.3) is 0 Å². The Balaban J connectivity index is 2.93. The molecule has 0 N–H and O–H groups in total. The van der Waals surface area contributed by atoms with E-state index in [0.717, 1.165) is 20.3 Å². The fourth-order valence-electron chi connectivity index (χ4n) is 2.66. The fraction of sp³-hybridized carbons (Fsp3) is 0.235. The molecule has 30 heavy (non-hydrogen) atoms. The maximum Gasteiger partial charge on any atom is 0.359 e. The van der Waals surface area contributed by atoms with Crippen molar-refractivity contribution in [3.8, 4) is 11.5 Å². The number of esters is 1. The average molecular weight is 480 g/mol. The van der Waals surface area contributed by atoms with Gasteiger partial charge in [0.1, 0.15) is 0 Å². The van der Waals surface area contributed by atoms with Crippen molar-refractivity contribution in [2.45, 2.75) is 9.90 Å². The normalized spacial score (nSPS) is 12.0. The van der Waals surface area contributed by atoms with Gasteiger partial charge in [-0.15, -0.1) is 0 Å². The van der Waals surface area contributed by atoms with E-state index in [2.05, 4.69) is 0 Å². The first kappa shape index (κ1) is 23.5. The molecule has 0 aliphatic carbocycles. The molecule has 10 nitrogen and oxygen atoms in total. The van der Waals surface area contributed by atoms with Crippen LogP contribution in [0.2, 0.25) is 0 Å². The molecule has 0 amide bonds. The highest BCUT2D eigenvalue weighted by molar-refractivity contribution is 6.75. The van der Waals surface area contributed by atoms with E-state index in [4.69, 9.17) is 49.0 Å². The highest BCUT2D eigenvalue weighted by Gasteiger charge is 2.43. The van der Waals surface area contributed by atoms with Gasteiger partial charge in [0.15, 0.2) is 17.4 Å². The van der Waals surface area contributed by atoms with Crippen molar-refractivity contribution in [1.82, 2.24) is 0 Å². The summed E-state index contributed by atoms with van der Waals surface area (Å²) in [4.78, 5) is 34.1. The van der Waals surface area contributed by atoms with Crippen molar-refractivity contribution in [2.24, 2.45) is 0 Å². The monoisotopic (exact) mass is 478 g/mol. The Morgan fingerprint density at radius 1 is 1.03 bits per heavy atom. The van der Waals surface area contributed by atoms with E-state index in [9.17, 15) is 25.0 Å². The van der Waals surface area contributed by atoms with Crippen LogP contribution in [0.4, 0.5) is 11.4 Å². The molecule has 13 heteroatoms. The van der Waals surface area contributed by atoms with Crippen LogP contribution < -0.4 is 9.47 Å². The van der Waals surface area contributed by atoms with Crippen LogP contribution in [0.15, 0.2) is 36.4 Å². The van der Waals surface area contributed by atoms with Crippen LogP contribution in [-0.4, -0.2) is 33.8 Å². The summed E-state index contributed by atoms with van der Waals surface area (Å²) in [6.07, 6.45) is -1.67. The Morgan fingerprint density at radius 3 is 2.07 bits per heavy atom. The lowest BCUT2D eigenvalue weighted by atomic mass is 9.97. The molecule has 0 aliphatic heterocycles. The first-order valence-corrected chi connectivity index (χ1v) is 9.06. The van der Waals surface area contributed by atoms with E-state index in [-0.39, 0.29) is 11.3 Å². The third-order valence-corrected chi connectivity index (χ3v) is 4.32. The molecule has 1 atom stereocenters. The molecule has 2 rings (SSSR count). The molecule has 0 spiro atoms. The third-order valence-electron chi connectivity index (χ3n) is 3.86. The summed E-state index contributed by atoms with van der Waals surface area (Å²) >= 11 is 16.7. The van der Waals surface area contributed by atoms with Crippen LogP contribution in [0.1, 0.15) is 17.2 Å². The fourth-order valence-corrected chi connectivity index (χ4v) is 2.80. The Bertz CT molecular complexity index is 979. The van der Waals surface area contributed by atoms with Gasteiger partial charge in [-0.25, -0.2) is 4.79 Å². The lowest BCUT2D eigenvalue weighted by Gasteiger charge is -2.22. The van der Waals surface area contributed by atoms with Crippen molar-refractivity contribution in [2.75, 3.05) is 14.2 Å². The van der Waals surface area contributed by atoms with E-state index in [1.807, 2.05) is 0 Å². The molecular formula is C17H13Cl3N2O8. The predicted molar refractivity (Wildman–Crippen MR) is 108 cm³/mol. The number of rotatable bonds is 7. The second-order valence-electron chi connectivity index (χ2n) is 5.60. The molecule has 160 valence electrons. The Morgan fingerprint density at radius 2 is 1.63 bits per heavy atom. The van der Waals surface area contributed by atoms with Gasteiger partial charge < -0.3 is 14.2 Å². The smallest absolute Gasteiger partial charge is 0.359 e. The molecule has 0 radical (unpaired) electrons. The second-order valence-corrected chi connectivity index (χ2v) is 7.88. The summed E-state index contributed by atoms with van der Waals surface area (Å²) in [6, 6.07) is 8.46. The molecule has 2 aromatic carbocycles. The van der Waals surface area contributed by atoms with E-state index in [0.29, 0.717) is 0 Å². The number of ether oxygens (including phenoxy) is 3. The molecule has 0 saturated carbocycles. The summed E-state index contributed by atoms with van der Waals surface area (Å²) in [7, 11) is 2.27. The number of hydrogen-bond acceptors (Lipinski definition) is 8. The second kappa shape index (κ2) is 9.33. The average Bonchev–Trinajstić information content (AvgIpc) is 2.69.